The number of aliphatic imine (C=N–C) groups is 1. The lowest BCUT2D eigenvalue weighted by atomic mass is 10.2. The van der Waals surface area contributed by atoms with E-state index in [1.165, 1.54) is 12.8 Å². The van der Waals surface area contributed by atoms with Crippen LogP contribution in [0.4, 0.5) is 0 Å². The summed E-state index contributed by atoms with van der Waals surface area (Å²) in [5.41, 5.74) is 6.90. The SMILES string of the molecule is NC(=NCc1cccc(Oc2ccccc2)c1)NC1CC1. The van der Waals surface area contributed by atoms with Crippen LogP contribution in [-0.2, 0) is 6.54 Å². The quantitative estimate of drug-likeness (QED) is 0.654. The molecule has 4 nitrogen and oxygen atoms in total. The molecule has 3 N–H and O–H groups in total. The van der Waals surface area contributed by atoms with E-state index in [-0.39, 0.29) is 0 Å². The number of guanidine groups is 1. The third-order valence-electron chi connectivity index (χ3n) is 3.24. The molecule has 0 atom stereocenters. The number of para-hydroxylation sites is 1. The van der Waals surface area contributed by atoms with Crippen molar-refractivity contribution in [1.29, 1.82) is 0 Å². The van der Waals surface area contributed by atoms with E-state index in [4.69, 9.17) is 10.5 Å². The summed E-state index contributed by atoms with van der Waals surface area (Å²) in [7, 11) is 0. The first-order chi connectivity index (χ1) is 10.3. The lowest BCUT2D eigenvalue weighted by Gasteiger charge is -2.07. The predicted octanol–water partition coefficient (Wildman–Crippen LogP) is 3.05. The van der Waals surface area contributed by atoms with Crippen LogP contribution in [0.1, 0.15) is 18.4 Å². The number of rotatable bonds is 5. The van der Waals surface area contributed by atoms with Crippen molar-refractivity contribution in [2.24, 2.45) is 10.7 Å². The molecule has 0 radical (unpaired) electrons. The maximum atomic E-state index is 5.83. The van der Waals surface area contributed by atoms with E-state index in [1.807, 2.05) is 54.6 Å². The largest absolute Gasteiger partial charge is 0.457 e. The van der Waals surface area contributed by atoms with Crippen molar-refractivity contribution in [2.75, 3.05) is 0 Å². The molecule has 3 rings (SSSR count). The summed E-state index contributed by atoms with van der Waals surface area (Å²) in [6, 6.07) is 18.2. The smallest absolute Gasteiger partial charge is 0.189 e. The summed E-state index contributed by atoms with van der Waals surface area (Å²) in [5.74, 6) is 2.16. The third-order valence-corrected chi connectivity index (χ3v) is 3.24. The minimum absolute atomic E-state index is 0.520. The van der Waals surface area contributed by atoms with E-state index in [0.717, 1.165) is 17.1 Å². The predicted molar refractivity (Wildman–Crippen MR) is 84.4 cm³/mol. The fourth-order valence-electron chi connectivity index (χ4n) is 1.99. The Labute approximate surface area is 124 Å². The van der Waals surface area contributed by atoms with Crippen molar-refractivity contribution < 1.29 is 4.74 Å². The lowest BCUT2D eigenvalue weighted by molar-refractivity contribution is 0.482. The molecule has 1 fully saturated rings. The highest BCUT2D eigenvalue weighted by Gasteiger charge is 2.21. The van der Waals surface area contributed by atoms with Crippen molar-refractivity contribution in [1.82, 2.24) is 5.32 Å². The van der Waals surface area contributed by atoms with Gasteiger partial charge in [0.2, 0.25) is 0 Å². The second-order valence-electron chi connectivity index (χ2n) is 5.18. The molecule has 4 heteroatoms. The number of nitrogens with one attached hydrogen (secondary N) is 1. The third kappa shape index (κ3) is 4.24. The Morgan fingerprint density at radius 1 is 1.10 bits per heavy atom. The molecule has 0 bridgehead atoms. The average Bonchev–Trinajstić information content (AvgIpc) is 3.31. The van der Waals surface area contributed by atoms with Gasteiger partial charge in [0.1, 0.15) is 11.5 Å². The van der Waals surface area contributed by atoms with Crippen molar-refractivity contribution in [3.05, 3.63) is 60.2 Å². The van der Waals surface area contributed by atoms with Gasteiger partial charge in [-0.25, -0.2) is 4.99 Å². The molecule has 0 saturated heterocycles. The number of nitrogens with zero attached hydrogens (tertiary/aromatic N) is 1. The molecular formula is C17H19N3O. The number of hydrogen-bond acceptors (Lipinski definition) is 2. The zero-order valence-electron chi connectivity index (χ0n) is 11.8. The van der Waals surface area contributed by atoms with Gasteiger partial charge in [-0.15, -0.1) is 0 Å². The van der Waals surface area contributed by atoms with E-state index in [2.05, 4.69) is 10.3 Å². The Kier molecular flexibility index (Phi) is 4.05. The van der Waals surface area contributed by atoms with E-state index in [0.29, 0.717) is 18.5 Å². The highest BCUT2D eigenvalue weighted by Crippen LogP contribution is 2.22. The molecule has 21 heavy (non-hydrogen) atoms. The lowest BCUT2D eigenvalue weighted by Crippen LogP contribution is -2.33. The van der Waals surface area contributed by atoms with Crippen molar-refractivity contribution in [3.8, 4) is 11.5 Å². The van der Waals surface area contributed by atoms with Crippen molar-refractivity contribution in [2.45, 2.75) is 25.4 Å². The first-order valence-corrected chi connectivity index (χ1v) is 7.18. The molecule has 1 aliphatic carbocycles. The molecular weight excluding hydrogens is 262 g/mol. The maximum Gasteiger partial charge on any atom is 0.189 e. The molecule has 1 saturated carbocycles. The molecule has 0 aromatic heterocycles. The van der Waals surface area contributed by atoms with Crippen LogP contribution in [0.3, 0.4) is 0 Å². The van der Waals surface area contributed by atoms with E-state index >= 15 is 0 Å². The van der Waals surface area contributed by atoms with Crippen LogP contribution in [0.5, 0.6) is 11.5 Å². The van der Waals surface area contributed by atoms with E-state index in [1.54, 1.807) is 0 Å². The molecule has 1 aliphatic rings. The monoisotopic (exact) mass is 281 g/mol. The van der Waals surface area contributed by atoms with Crippen LogP contribution in [0.2, 0.25) is 0 Å². The Balaban J connectivity index is 1.62. The summed E-state index contributed by atoms with van der Waals surface area (Å²) in [5, 5.41) is 3.18. The summed E-state index contributed by atoms with van der Waals surface area (Å²) in [6.07, 6.45) is 2.38. The first-order valence-electron chi connectivity index (χ1n) is 7.18. The zero-order valence-corrected chi connectivity index (χ0v) is 11.8. The minimum atomic E-state index is 0.520. The Bertz CT molecular complexity index is 621. The second-order valence-corrected chi connectivity index (χ2v) is 5.18. The fourth-order valence-corrected chi connectivity index (χ4v) is 1.99. The van der Waals surface area contributed by atoms with Crippen molar-refractivity contribution >= 4 is 5.96 Å². The van der Waals surface area contributed by atoms with Crippen LogP contribution < -0.4 is 15.8 Å². The Hall–Kier alpha value is -2.49. The number of nitrogens with two attached hydrogens (primary N) is 1. The van der Waals surface area contributed by atoms with Crippen molar-refractivity contribution in [3.63, 3.8) is 0 Å². The van der Waals surface area contributed by atoms with Gasteiger partial charge in [-0.1, -0.05) is 30.3 Å². The second kappa shape index (κ2) is 6.31. The molecule has 0 spiro atoms. The number of benzene rings is 2. The van der Waals surface area contributed by atoms with Crippen LogP contribution in [-0.4, -0.2) is 12.0 Å². The molecule has 2 aromatic rings. The molecule has 108 valence electrons. The topological polar surface area (TPSA) is 59.6 Å². The highest BCUT2D eigenvalue weighted by atomic mass is 16.5. The zero-order chi connectivity index (χ0) is 14.5. The van der Waals surface area contributed by atoms with Gasteiger partial charge in [-0.3, -0.25) is 0 Å². The standard InChI is InChI=1S/C17H19N3O/c18-17(20-14-9-10-14)19-12-13-5-4-8-16(11-13)21-15-6-2-1-3-7-15/h1-8,11,14H,9-10,12H2,(H3,18,19,20). The van der Waals surface area contributed by atoms with Gasteiger partial charge in [0, 0.05) is 6.04 Å². The van der Waals surface area contributed by atoms with Gasteiger partial charge in [0.15, 0.2) is 5.96 Å². The number of hydrogen-bond donors (Lipinski definition) is 2. The summed E-state index contributed by atoms with van der Waals surface area (Å²) in [6.45, 7) is 0.553. The normalized spacial score (nSPS) is 14.8. The van der Waals surface area contributed by atoms with Gasteiger partial charge in [0.05, 0.1) is 6.54 Å². The van der Waals surface area contributed by atoms with Gasteiger partial charge in [-0.05, 0) is 42.7 Å². The highest BCUT2D eigenvalue weighted by molar-refractivity contribution is 5.78. The number of ether oxygens (including phenoxy) is 1. The minimum Gasteiger partial charge on any atom is -0.457 e. The summed E-state index contributed by atoms with van der Waals surface area (Å²) < 4.78 is 5.81. The van der Waals surface area contributed by atoms with Crippen LogP contribution in [0.15, 0.2) is 59.6 Å². The maximum absolute atomic E-state index is 5.83. The molecule has 0 heterocycles. The molecule has 0 unspecified atom stereocenters. The van der Waals surface area contributed by atoms with Crippen LogP contribution in [0, 0.1) is 0 Å². The Morgan fingerprint density at radius 2 is 1.86 bits per heavy atom. The summed E-state index contributed by atoms with van der Waals surface area (Å²) >= 11 is 0. The van der Waals surface area contributed by atoms with Gasteiger partial charge < -0.3 is 15.8 Å². The van der Waals surface area contributed by atoms with Crippen LogP contribution in [0.25, 0.3) is 0 Å². The first kappa shape index (κ1) is 13.5. The molecule has 2 aromatic carbocycles. The molecule has 0 amide bonds. The van der Waals surface area contributed by atoms with Gasteiger partial charge in [0.25, 0.3) is 0 Å². The van der Waals surface area contributed by atoms with E-state index in [9.17, 15) is 0 Å². The Morgan fingerprint density at radius 3 is 2.62 bits per heavy atom. The van der Waals surface area contributed by atoms with Gasteiger partial charge in [-0.2, -0.15) is 0 Å². The van der Waals surface area contributed by atoms with Crippen LogP contribution >= 0.6 is 0 Å². The fraction of sp³-hybridized carbons (Fsp3) is 0.235. The summed E-state index contributed by atoms with van der Waals surface area (Å²) in [4.78, 5) is 4.35. The molecule has 0 aliphatic heterocycles. The van der Waals surface area contributed by atoms with Gasteiger partial charge >= 0.3 is 0 Å². The average molecular weight is 281 g/mol. The van der Waals surface area contributed by atoms with E-state index < -0.39 is 0 Å².